The summed E-state index contributed by atoms with van der Waals surface area (Å²) in [7, 11) is 3.56. The molecule has 3 heterocycles. The largest absolute Gasteiger partial charge is 0.493 e. The van der Waals surface area contributed by atoms with Crippen LogP contribution >= 0.6 is 23.2 Å². The van der Waals surface area contributed by atoms with E-state index in [9.17, 15) is 9.59 Å². The van der Waals surface area contributed by atoms with Gasteiger partial charge in [0, 0.05) is 55.0 Å². The second-order valence-electron chi connectivity index (χ2n) is 8.49. The van der Waals surface area contributed by atoms with Crippen LogP contribution in [0.2, 0.25) is 10.0 Å². The first-order valence-electron chi connectivity index (χ1n) is 11.2. The van der Waals surface area contributed by atoms with Crippen LogP contribution in [0.15, 0.2) is 47.1 Å². The number of rotatable bonds is 4. The van der Waals surface area contributed by atoms with Crippen LogP contribution in [0, 0.1) is 0 Å². The lowest BCUT2D eigenvalue weighted by Crippen LogP contribution is -2.48. The number of carbonyl (C=O) groups excluding carboxylic acids is 2. The monoisotopic (exact) mass is 527 g/mol. The van der Waals surface area contributed by atoms with Crippen molar-refractivity contribution in [2.45, 2.75) is 0 Å². The number of halogens is 2. The molecule has 0 spiro atoms. The van der Waals surface area contributed by atoms with Crippen molar-refractivity contribution >= 4 is 68.5 Å². The molecule has 0 saturated carbocycles. The molecule has 36 heavy (non-hydrogen) atoms. The fourth-order valence-electron chi connectivity index (χ4n) is 4.21. The summed E-state index contributed by atoms with van der Waals surface area (Å²) in [6, 6.07) is 8.44. The van der Waals surface area contributed by atoms with Crippen LogP contribution in [-0.2, 0) is 0 Å². The van der Waals surface area contributed by atoms with Gasteiger partial charge in [0.25, 0.3) is 5.91 Å². The van der Waals surface area contributed by atoms with Crippen molar-refractivity contribution in [2.75, 3.05) is 51.0 Å². The Morgan fingerprint density at radius 3 is 2.44 bits per heavy atom. The summed E-state index contributed by atoms with van der Waals surface area (Å²) in [6.07, 6.45) is 2.80. The molecule has 11 heteroatoms. The molecule has 5 rings (SSSR count). The van der Waals surface area contributed by atoms with Gasteiger partial charge in [0.2, 0.25) is 0 Å². The molecule has 0 bridgehead atoms. The number of pyridine rings is 1. The molecule has 0 aliphatic carbocycles. The van der Waals surface area contributed by atoms with Crippen molar-refractivity contribution in [3.8, 4) is 5.75 Å². The van der Waals surface area contributed by atoms with E-state index in [2.05, 4.69) is 20.5 Å². The van der Waals surface area contributed by atoms with Crippen molar-refractivity contribution in [1.82, 2.24) is 14.8 Å². The molecule has 1 saturated heterocycles. The number of anilines is 2. The number of likely N-dealkylation sites (N-methyl/N-ethyl adjacent to an activating group) is 1. The van der Waals surface area contributed by atoms with E-state index in [0.717, 1.165) is 13.1 Å². The molecule has 0 atom stereocenters. The Labute approximate surface area is 216 Å². The summed E-state index contributed by atoms with van der Waals surface area (Å²) in [5, 5.41) is 7.34. The number of furan rings is 1. The summed E-state index contributed by atoms with van der Waals surface area (Å²) in [6.45, 7) is 2.95. The van der Waals surface area contributed by atoms with Crippen molar-refractivity contribution in [1.29, 1.82) is 0 Å². The molecular formula is C25H23Cl2N5O4. The summed E-state index contributed by atoms with van der Waals surface area (Å²) in [5.74, 6) is 0.0352. The van der Waals surface area contributed by atoms with Gasteiger partial charge in [-0.15, -0.1) is 0 Å². The molecule has 2 N–H and O–H groups in total. The number of methoxy groups -OCH3 is 1. The fourth-order valence-corrected chi connectivity index (χ4v) is 4.67. The minimum atomic E-state index is -0.438. The van der Waals surface area contributed by atoms with E-state index >= 15 is 0 Å². The molecule has 3 amide bonds. The highest BCUT2D eigenvalue weighted by atomic mass is 35.5. The summed E-state index contributed by atoms with van der Waals surface area (Å²) >= 11 is 12.4. The van der Waals surface area contributed by atoms with E-state index in [1.54, 1.807) is 35.2 Å². The predicted molar refractivity (Wildman–Crippen MR) is 141 cm³/mol. The molecule has 1 fully saturated rings. The van der Waals surface area contributed by atoms with Gasteiger partial charge in [-0.3, -0.25) is 9.78 Å². The number of nitrogens with one attached hydrogen (secondary N) is 2. The topological polar surface area (TPSA) is 99.9 Å². The maximum Gasteiger partial charge on any atom is 0.321 e. The Morgan fingerprint density at radius 2 is 1.75 bits per heavy atom. The SMILES string of the molecule is COc1ccc(C(=O)Nc2c(Cl)cncc2Cl)c2c1oc1ccc(NC(=O)N3CCN(C)CC3)cc12. The Bertz CT molecular complexity index is 1460. The number of amides is 3. The number of hydrogen-bond acceptors (Lipinski definition) is 6. The minimum Gasteiger partial charge on any atom is -0.493 e. The van der Waals surface area contributed by atoms with Crippen LogP contribution in [0.5, 0.6) is 5.75 Å². The van der Waals surface area contributed by atoms with Crippen LogP contribution in [0.25, 0.3) is 21.9 Å². The standard InChI is InChI=1S/C25H23Cl2N5O4/c1-31-7-9-32(10-8-31)25(34)29-14-3-5-19-16(11-14)21-15(4-6-20(35-2)23(21)36-19)24(33)30-22-17(26)12-28-13-18(22)27/h3-6,11-13H,7-10H2,1-2H3,(H,29,34)(H,28,30,33). The van der Waals surface area contributed by atoms with Gasteiger partial charge in [-0.05, 0) is 37.4 Å². The summed E-state index contributed by atoms with van der Waals surface area (Å²) in [5.41, 5.74) is 2.13. The zero-order valence-electron chi connectivity index (χ0n) is 19.6. The van der Waals surface area contributed by atoms with Gasteiger partial charge in [-0.2, -0.15) is 0 Å². The molecule has 4 aromatic rings. The Hall–Kier alpha value is -3.53. The third-order valence-corrected chi connectivity index (χ3v) is 6.75. The van der Waals surface area contributed by atoms with Crippen LogP contribution < -0.4 is 15.4 Å². The molecule has 2 aromatic heterocycles. The van der Waals surface area contributed by atoms with Crippen molar-refractivity contribution in [3.63, 3.8) is 0 Å². The van der Waals surface area contributed by atoms with E-state index in [4.69, 9.17) is 32.4 Å². The number of fused-ring (bicyclic) bond motifs is 3. The first-order chi connectivity index (χ1) is 17.4. The number of hydrogen-bond donors (Lipinski definition) is 2. The van der Waals surface area contributed by atoms with Gasteiger partial charge in [0.15, 0.2) is 11.3 Å². The maximum atomic E-state index is 13.4. The second-order valence-corrected chi connectivity index (χ2v) is 9.30. The predicted octanol–water partition coefficient (Wildman–Crippen LogP) is 5.33. The number of piperazine rings is 1. The van der Waals surface area contributed by atoms with Crippen LogP contribution in [0.1, 0.15) is 10.4 Å². The van der Waals surface area contributed by atoms with Gasteiger partial charge in [-0.25, -0.2) is 4.79 Å². The highest BCUT2D eigenvalue weighted by molar-refractivity contribution is 6.40. The lowest BCUT2D eigenvalue weighted by atomic mass is 10.0. The zero-order chi connectivity index (χ0) is 25.4. The lowest BCUT2D eigenvalue weighted by Gasteiger charge is -2.32. The molecular weight excluding hydrogens is 505 g/mol. The van der Waals surface area contributed by atoms with E-state index in [-0.39, 0.29) is 21.8 Å². The zero-order valence-corrected chi connectivity index (χ0v) is 21.1. The Kier molecular flexibility index (Phi) is 6.61. The number of carbonyl (C=O) groups is 2. The third kappa shape index (κ3) is 4.53. The molecule has 1 aliphatic heterocycles. The average Bonchev–Trinajstić information content (AvgIpc) is 3.25. The molecule has 2 aromatic carbocycles. The Balaban J connectivity index is 1.53. The quantitative estimate of drug-likeness (QED) is 0.372. The summed E-state index contributed by atoms with van der Waals surface area (Å²) in [4.78, 5) is 34.0. The van der Waals surface area contributed by atoms with E-state index < -0.39 is 5.91 Å². The number of benzene rings is 2. The summed E-state index contributed by atoms with van der Waals surface area (Å²) < 4.78 is 11.5. The van der Waals surface area contributed by atoms with E-state index in [1.807, 2.05) is 7.05 Å². The number of ether oxygens (including phenoxy) is 1. The molecule has 1 aliphatic rings. The Morgan fingerprint density at radius 1 is 1.03 bits per heavy atom. The number of nitrogens with zero attached hydrogens (tertiary/aromatic N) is 3. The van der Waals surface area contributed by atoms with Crippen LogP contribution in [0.4, 0.5) is 16.2 Å². The van der Waals surface area contributed by atoms with Gasteiger partial charge in [0.1, 0.15) is 5.58 Å². The minimum absolute atomic E-state index is 0.173. The van der Waals surface area contributed by atoms with Gasteiger partial charge in [-0.1, -0.05) is 23.2 Å². The normalized spacial score (nSPS) is 14.3. The highest BCUT2D eigenvalue weighted by Crippen LogP contribution is 2.39. The number of aromatic nitrogens is 1. The van der Waals surface area contributed by atoms with Crippen molar-refractivity contribution in [2.24, 2.45) is 0 Å². The third-order valence-electron chi connectivity index (χ3n) is 6.18. The average molecular weight is 528 g/mol. The molecule has 0 radical (unpaired) electrons. The van der Waals surface area contributed by atoms with Gasteiger partial charge >= 0.3 is 6.03 Å². The van der Waals surface area contributed by atoms with Gasteiger partial charge < -0.3 is 29.6 Å². The maximum absolute atomic E-state index is 13.4. The fraction of sp³-hybridized carbons (Fsp3) is 0.240. The van der Waals surface area contributed by atoms with Crippen LogP contribution in [-0.4, -0.2) is 67.1 Å². The van der Waals surface area contributed by atoms with Crippen LogP contribution in [0.3, 0.4) is 0 Å². The van der Waals surface area contributed by atoms with E-state index in [0.29, 0.717) is 52.0 Å². The molecule has 0 unspecified atom stereocenters. The van der Waals surface area contributed by atoms with Gasteiger partial charge in [0.05, 0.1) is 28.4 Å². The number of urea groups is 1. The molecule has 9 nitrogen and oxygen atoms in total. The lowest BCUT2D eigenvalue weighted by molar-refractivity contribution is 0.102. The highest BCUT2D eigenvalue weighted by Gasteiger charge is 2.23. The smallest absolute Gasteiger partial charge is 0.321 e. The first kappa shape index (κ1) is 24.2. The second kappa shape index (κ2) is 9.85. The van der Waals surface area contributed by atoms with Crippen molar-refractivity contribution in [3.05, 3.63) is 58.3 Å². The molecule has 186 valence electrons. The first-order valence-corrected chi connectivity index (χ1v) is 12.0. The van der Waals surface area contributed by atoms with Crippen molar-refractivity contribution < 1.29 is 18.7 Å². The van der Waals surface area contributed by atoms with E-state index in [1.165, 1.54) is 19.5 Å².